The fourth-order valence-corrected chi connectivity index (χ4v) is 9.69. The Morgan fingerprint density at radius 2 is 0.558 bits per heavy atom. The number of carbonyl (C=O) groups excluding carboxylic acids is 2. The standard InChI is InChI=1S/C72H126O5/c1-3-5-7-9-11-13-15-17-19-21-23-25-27-28-29-30-31-32-33-34-35-36-37-38-39-40-41-42-43-44-45-47-49-51-53-55-57-59-61-63-65-67-72(75)77-70(68-73)69-76-71(74)66-64-62-60-58-56-54-52-50-48-46-26-24-22-20-18-16-14-12-10-8-6-4-2/h5,7,11,13,17,19,23,25,28-29,31-32,34-35,37-38,70,73H,3-4,6,8-10,12,14-16,18,20-22,24,26-27,30,33,36,39-69H2,1-2H3/b7-5-,13-11-,19-17-,25-23-,29-28-,32-31-,35-34-,38-37-. The van der Waals surface area contributed by atoms with Crippen LogP contribution in [0.2, 0.25) is 0 Å². The molecule has 0 aliphatic carbocycles. The van der Waals surface area contributed by atoms with Gasteiger partial charge in [0, 0.05) is 12.8 Å². The molecular weight excluding hydrogens is 945 g/mol. The van der Waals surface area contributed by atoms with Crippen molar-refractivity contribution in [3.63, 3.8) is 0 Å². The second kappa shape index (κ2) is 67.1. The summed E-state index contributed by atoms with van der Waals surface area (Å²) >= 11 is 0. The van der Waals surface area contributed by atoms with E-state index in [2.05, 4.69) is 111 Å². The van der Waals surface area contributed by atoms with E-state index in [0.29, 0.717) is 12.8 Å². The van der Waals surface area contributed by atoms with Crippen molar-refractivity contribution in [3.05, 3.63) is 97.2 Å². The van der Waals surface area contributed by atoms with Crippen molar-refractivity contribution in [1.29, 1.82) is 0 Å². The second-order valence-electron chi connectivity index (χ2n) is 22.2. The maximum atomic E-state index is 12.3. The summed E-state index contributed by atoms with van der Waals surface area (Å²) in [5, 5.41) is 9.68. The van der Waals surface area contributed by atoms with E-state index in [9.17, 15) is 14.7 Å². The molecule has 5 nitrogen and oxygen atoms in total. The number of hydrogen-bond donors (Lipinski definition) is 1. The Morgan fingerprint density at radius 1 is 0.312 bits per heavy atom. The van der Waals surface area contributed by atoms with Gasteiger partial charge in [0.1, 0.15) is 6.61 Å². The Hall–Kier alpha value is -3.18. The Kier molecular flexibility index (Phi) is 64.3. The molecule has 0 amide bonds. The average molecular weight is 1070 g/mol. The molecule has 0 spiro atoms. The smallest absolute Gasteiger partial charge is 0.306 e. The molecule has 1 atom stereocenters. The summed E-state index contributed by atoms with van der Waals surface area (Å²) in [5.74, 6) is -0.576. The first kappa shape index (κ1) is 73.8. The molecule has 0 radical (unpaired) electrons. The highest BCUT2D eigenvalue weighted by molar-refractivity contribution is 5.70. The van der Waals surface area contributed by atoms with Crippen molar-refractivity contribution in [3.8, 4) is 0 Å². The number of carbonyl (C=O) groups is 2. The largest absolute Gasteiger partial charge is 0.462 e. The quantitative estimate of drug-likeness (QED) is 0.0373. The van der Waals surface area contributed by atoms with Gasteiger partial charge < -0.3 is 14.6 Å². The molecule has 0 rings (SSSR count). The van der Waals surface area contributed by atoms with Crippen LogP contribution in [-0.4, -0.2) is 36.4 Å². The second-order valence-corrected chi connectivity index (χ2v) is 22.2. The summed E-state index contributed by atoms with van der Waals surface area (Å²) in [4.78, 5) is 24.6. The summed E-state index contributed by atoms with van der Waals surface area (Å²) in [7, 11) is 0. The predicted octanol–water partition coefficient (Wildman–Crippen LogP) is 23.0. The summed E-state index contributed by atoms with van der Waals surface area (Å²) in [6.45, 7) is 4.07. The van der Waals surface area contributed by atoms with Crippen molar-refractivity contribution in [2.24, 2.45) is 0 Å². The van der Waals surface area contributed by atoms with Crippen molar-refractivity contribution in [2.75, 3.05) is 13.2 Å². The van der Waals surface area contributed by atoms with Crippen molar-refractivity contribution < 1.29 is 24.2 Å². The molecule has 0 aliphatic heterocycles. The topological polar surface area (TPSA) is 72.8 Å². The maximum Gasteiger partial charge on any atom is 0.306 e. The summed E-state index contributed by atoms with van der Waals surface area (Å²) in [5.41, 5.74) is 0. The summed E-state index contributed by atoms with van der Waals surface area (Å²) in [6.07, 6.45) is 95.6. The van der Waals surface area contributed by atoms with Gasteiger partial charge in [0.2, 0.25) is 0 Å². The van der Waals surface area contributed by atoms with Crippen LogP contribution in [0.3, 0.4) is 0 Å². The van der Waals surface area contributed by atoms with Gasteiger partial charge in [0.25, 0.3) is 0 Å². The molecule has 444 valence electrons. The first-order valence-electron chi connectivity index (χ1n) is 33.3. The van der Waals surface area contributed by atoms with Crippen molar-refractivity contribution >= 4 is 11.9 Å². The molecule has 0 heterocycles. The minimum Gasteiger partial charge on any atom is -0.462 e. The SMILES string of the molecule is CC/C=C\C/C=C\C/C=C\C/C=C\C/C=C\C/C=C\C/C=C\C/C=C\CCCCCCCCCCCCCCCCCCC(=O)OC(CO)COC(=O)CCCCCCCCCCCCCCCCCCCCCCCC. The van der Waals surface area contributed by atoms with E-state index in [-0.39, 0.29) is 25.2 Å². The maximum absolute atomic E-state index is 12.3. The molecule has 1 unspecified atom stereocenters. The highest BCUT2D eigenvalue weighted by Crippen LogP contribution is 2.18. The molecule has 5 heteroatoms. The Morgan fingerprint density at radius 3 is 0.844 bits per heavy atom. The van der Waals surface area contributed by atoms with Gasteiger partial charge in [-0.15, -0.1) is 0 Å². The number of esters is 2. The first-order chi connectivity index (χ1) is 38.1. The number of ether oxygens (including phenoxy) is 2. The fraction of sp³-hybridized carbons (Fsp3) is 0.750. The lowest BCUT2D eigenvalue weighted by Gasteiger charge is -2.15. The van der Waals surface area contributed by atoms with Crippen LogP contribution in [0.4, 0.5) is 0 Å². The molecule has 0 fully saturated rings. The van der Waals surface area contributed by atoms with Gasteiger partial charge >= 0.3 is 11.9 Å². The normalized spacial score (nSPS) is 12.8. The van der Waals surface area contributed by atoms with E-state index < -0.39 is 6.10 Å². The van der Waals surface area contributed by atoms with Crippen LogP contribution in [-0.2, 0) is 19.1 Å². The van der Waals surface area contributed by atoms with Crippen LogP contribution >= 0.6 is 0 Å². The van der Waals surface area contributed by atoms with Gasteiger partial charge in [-0.3, -0.25) is 9.59 Å². The van der Waals surface area contributed by atoms with E-state index in [1.807, 2.05) is 0 Å². The van der Waals surface area contributed by atoms with Gasteiger partial charge in [-0.05, 0) is 77.0 Å². The van der Waals surface area contributed by atoms with Gasteiger partial charge in [-0.25, -0.2) is 0 Å². The van der Waals surface area contributed by atoms with Gasteiger partial charge in [0.05, 0.1) is 6.61 Å². The molecular formula is C72H126O5. The Bertz CT molecular complexity index is 1450. The lowest BCUT2D eigenvalue weighted by molar-refractivity contribution is -0.161. The van der Waals surface area contributed by atoms with Crippen LogP contribution in [0.5, 0.6) is 0 Å². The van der Waals surface area contributed by atoms with Crippen LogP contribution < -0.4 is 0 Å². The molecule has 0 bridgehead atoms. The Labute approximate surface area is 478 Å². The summed E-state index contributed by atoms with van der Waals surface area (Å²) in [6, 6.07) is 0. The molecule has 0 saturated heterocycles. The molecule has 0 aromatic carbocycles. The zero-order chi connectivity index (χ0) is 55.5. The number of allylic oxidation sites excluding steroid dienone is 16. The minimum absolute atomic E-state index is 0.0633. The molecule has 0 aromatic rings. The Balaban J connectivity index is 3.47. The first-order valence-corrected chi connectivity index (χ1v) is 33.3. The third kappa shape index (κ3) is 65.2. The number of rotatable bonds is 61. The fourth-order valence-electron chi connectivity index (χ4n) is 9.69. The number of hydrogen-bond acceptors (Lipinski definition) is 5. The highest BCUT2D eigenvalue weighted by atomic mass is 16.6. The zero-order valence-corrected chi connectivity index (χ0v) is 51.0. The van der Waals surface area contributed by atoms with Crippen LogP contribution in [0.15, 0.2) is 97.2 Å². The molecule has 0 aliphatic rings. The minimum atomic E-state index is -0.774. The lowest BCUT2D eigenvalue weighted by Crippen LogP contribution is -2.28. The monoisotopic (exact) mass is 1070 g/mol. The van der Waals surface area contributed by atoms with Gasteiger partial charge in [-0.2, -0.15) is 0 Å². The van der Waals surface area contributed by atoms with Gasteiger partial charge in [0.15, 0.2) is 6.10 Å². The van der Waals surface area contributed by atoms with Crippen LogP contribution in [0.1, 0.15) is 328 Å². The van der Waals surface area contributed by atoms with E-state index in [0.717, 1.165) is 89.9 Å². The van der Waals surface area contributed by atoms with Crippen molar-refractivity contribution in [2.45, 2.75) is 335 Å². The van der Waals surface area contributed by atoms with Crippen LogP contribution in [0, 0.1) is 0 Å². The molecule has 77 heavy (non-hydrogen) atoms. The van der Waals surface area contributed by atoms with Crippen LogP contribution in [0.25, 0.3) is 0 Å². The molecule has 1 N–H and O–H groups in total. The number of aliphatic hydroxyl groups excluding tert-OH is 1. The molecule has 0 aromatic heterocycles. The third-order valence-corrected chi connectivity index (χ3v) is 14.6. The van der Waals surface area contributed by atoms with E-state index in [1.54, 1.807) is 0 Å². The third-order valence-electron chi connectivity index (χ3n) is 14.6. The average Bonchev–Trinajstić information content (AvgIpc) is 3.43. The predicted molar refractivity (Wildman–Crippen MR) is 339 cm³/mol. The van der Waals surface area contributed by atoms with Gasteiger partial charge in [-0.1, -0.05) is 336 Å². The summed E-state index contributed by atoms with van der Waals surface area (Å²) < 4.78 is 10.7. The van der Waals surface area contributed by atoms with E-state index in [4.69, 9.17) is 9.47 Å². The zero-order valence-electron chi connectivity index (χ0n) is 51.0. The van der Waals surface area contributed by atoms with E-state index >= 15 is 0 Å². The lowest BCUT2D eigenvalue weighted by atomic mass is 10.0. The number of aliphatic hydroxyl groups is 1. The van der Waals surface area contributed by atoms with Crippen molar-refractivity contribution in [1.82, 2.24) is 0 Å². The molecule has 0 saturated carbocycles. The highest BCUT2D eigenvalue weighted by Gasteiger charge is 2.16. The number of unbranched alkanes of at least 4 members (excludes halogenated alkanes) is 37. The van der Waals surface area contributed by atoms with E-state index in [1.165, 1.54) is 212 Å².